The van der Waals surface area contributed by atoms with Crippen molar-refractivity contribution >= 4 is 18.2 Å². The molecular formula is C9H17ClN2O. The van der Waals surface area contributed by atoms with Crippen LogP contribution in [0.25, 0.3) is 0 Å². The van der Waals surface area contributed by atoms with Gasteiger partial charge in [-0.05, 0) is 18.8 Å². The molecule has 1 saturated heterocycles. The van der Waals surface area contributed by atoms with Crippen LogP contribution in [-0.4, -0.2) is 24.6 Å². The van der Waals surface area contributed by atoms with E-state index in [0.29, 0.717) is 18.1 Å². The molecule has 1 fully saturated rings. The average Bonchev–Trinajstić information content (AvgIpc) is 2.04. The van der Waals surface area contributed by atoms with Crippen molar-refractivity contribution in [2.24, 2.45) is 16.6 Å². The molecule has 2 N–H and O–H groups in total. The second kappa shape index (κ2) is 4.29. The first-order valence-corrected chi connectivity index (χ1v) is 4.71. The number of ether oxygens (including phenoxy) is 1. The third-order valence-corrected chi connectivity index (χ3v) is 2.76. The second-order valence-electron chi connectivity index (χ2n) is 3.85. The summed E-state index contributed by atoms with van der Waals surface area (Å²) in [5.74, 6) is 1.36. The first kappa shape index (κ1) is 10.8. The van der Waals surface area contributed by atoms with E-state index in [0.717, 1.165) is 31.7 Å². The molecule has 0 radical (unpaired) electrons. The van der Waals surface area contributed by atoms with Crippen LogP contribution in [0.15, 0.2) is 4.99 Å². The molecule has 0 amide bonds. The summed E-state index contributed by atoms with van der Waals surface area (Å²) in [5, 5.41) is 0. The molecule has 0 bridgehead atoms. The quantitative estimate of drug-likeness (QED) is 0.648. The van der Waals surface area contributed by atoms with Crippen LogP contribution in [0.2, 0.25) is 0 Å². The van der Waals surface area contributed by atoms with Crippen LogP contribution in [0.3, 0.4) is 0 Å². The normalized spacial score (nSPS) is 38.5. The summed E-state index contributed by atoms with van der Waals surface area (Å²) in [4.78, 5) is 4.42. The van der Waals surface area contributed by atoms with Gasteiger partial charge in [0.1, 0.15) is 0 Å². The van der Waals surface area contributed by atoms with E-state index in [1.807, 2.05) is 0 Å². The molecule has 4 heteroatoms. The number of amidine groups is 1. The van der Waals surface area contributed by atoms with E-state index in [9.17, 15) is 0 Å². The second-order valence-corrected chi connectivity index (χ2v) is 3.85. The van der Waals surface area contributed by atoms with Crippen molar-refractivity contribution in [3.63, 3.8) is 0 Å². The van der Waals surface area contributed by atoms with Crippen molar-refractivity contribution in [1.82, 2.24) is 0 Å². The molecule has 2 rings (SSSR count). The zero-order valence-electron chi connectivity index (χ0n) is 7.90. The van der Waals surface area contributed by atoms with Crippen LogP contribution in [0.5, 0.6) is 0 Å². The van der Waals surface area contributed by atoms with Gasteiger partial charge in [0.05, 0.1) is 18.0 Å². The zero-order chi connectivity index (χ0) is 8.55. The van der Waals surface area contributed by atoms with Gasteiger partial charge < -0.3 is 10.5 Å². The summed E-state index contributed by atoms with van der Waals surface area (Å²) < 4.78 is 5.68. The van der Waals surface area contributed by atoms with Gasteiger partial charge in [0.2, 0.25) is 0 Å². The zero-order valence-corrected chi connectivity index (χ0v) is 8.72. The fraction of sp³-hybridized carbons (Fsp3) is 0.889. The highest BCUT2D eigenvalue weighted by Crippen LogP contribution is 2.28. The van der Waals surface area contributed by atoms with Gasteiger partial charge in [0.25, 0.3) is 0 Å². The van der Waals surface area contributed by atoms with Crippen LogP contribution in [0.4, 0.5) is 0 Å². The number of hydrogen-bond donors (Lipinski definition) is 1. The Morgan fingerprint density at radius 2 is 2.31 bits per heavy atom. The molecule has 0 aromatic rings. The first-order valence-electron chi connectivity index (χ1n) is 4.71. The Balaban J connectivity index is 0.000000845. The van der Waals surface area contributed by atoms with E-state index in [4.69, 9.17) is 10.5 Å². The molecule has 2 heterocycles. The van der Waals surface area contributed by atoms with Gasteiger partial charge in [0.15, 0.2) is 0 Å². The standard InChI is InChI=1S/C9H16N2O.ClH/c1-6-5-8(10)11-7-3-2-4-12-9(6)7;/h6-7,9H,2-5H2,1H3,(H2,10,11);1H. The summed E-state index contributed by atoms with van der Waals surface area (Å²) in [5.41, 5.74) is 5.73. The maximum Gasteiger partial charge on any atom is 0.0945 e. The summed E-state index contributed by atoms with van der Waals surface area (Å²) in [6.07, 6.45) is 3.52. The van der Waals surface area contributed by atoms with Gasteiger partial charge in [-0.1, -0.05) is 6.92 Å². The van der Waals surface area contributed by atoms with Crippen molar-refractivity contribution in [2.45, 2.75) is 38.3 Å². The molecule has 0 aromatic carbocycles. The largest absolute Gasteiger partial charge is 0.387 e. The minimum absolute atomic E-state index is 0. The maximum absolute atomic E-state index is 5.73. The Bertz CT molecular complexity index is 208. The lowest BCUT2D eigenvalue weighted by Gasteiger charge is -2.36. The molecule has 3 unspecified atom stereocenters. The first-order chi connectivity index (χ1) is 5.77. The van der Waals surface area contributed by atoms with Crippen molar-refractivity contribution in [3.05, 3.63) is 0 Å². The maximum atomic E-state index is 5.73. The third kappa shape index (κ3) is 2.15. The molecule has 0 spiro atoms. The number of hydrogen-bond acceptors (Lipinski definition) is 3. The summed E-state index contributed by atoms with van der Waals surface area (Å²) >= 11 is 0. The van der Waals surface area contributed by atoms with E-state index in [2.05, 4.69) is 11.9 Å². The van der Waals surface area contributed by atoms with Crippen molar-refractivity contribution in [1.29, 1.82) is 0 Å². The van der Waals surface area contributed by atoms with Crippen molar-refractivity contribution < 1.29 is 4.74 Å². The fourth-order valence-corrected chi connectivity index (χ4v) is 2.18. The number of halogens is 1. The summed E-state index contributed by atoms with van der Waals surface area (Å²) in [6, 6.07) is 0.350. The van der Waals surface area contributed by atoms with Crippen LogP contribution in [0, 0.1) is 5.92 Å². The topological polar surface area (TPSA) is 47.6 Å². The summed E-state index contributed by atoms with van der Waals surface area (Å²) in [7, 11) is 0. The number of fused-ring (bicyclic) bond motifs is 1. The van der Waals surface area contributed by atoms with E-state index in [-0.39, 0.29) is 12.4 Å². The highest BCUT2D eigenvalue weighted by atomic mass is 35.5. The molecule has 76 valence electrons. The fourth-order valence-electron chi connectivity index (χ4n) is 2.18. The Hall–Kier alpha value is -0.280. The Morgan fingerprint density at radius 1 is 1.54 bits per heavy atom. The number of nitrogens with two attached hydrogens (primary N) is 1. The Labute approximate surface area is 85.1 Å². The lowest BCUT2D eigenvalue weighted by Crippen LogP contribution is -2.44. The molecule has 3 atom stereocenters. The van der Waals surface area contributed by atoms with E-state index in [1.54, 1.807) is 0 Å². The van der Waals surface area contributed by atoms with Crippen molar-refractivity contribution in [2.75, 3.05) is 6.61 Å². The SMILES string of the molecule is CC1CC(N)=NC2CCCOC12.Cl. The summed E-state index contributed by atoms with van der Waals surface area (Å²) in [6.45, 7) is 3.10. The average molecular weight is 205 g/mol. The van der Waals surface area contributed by atoms with E-state index < -0.39 is 0 Å². The molecule has 2 aliphatic heterocycles. The van der Waals surface area contributed by atoms with Gasteiger partial charge in [0, 0.05) is 13.0 Å². The minimum atomic E-state index is 0. The molecule has 3 nitrogen and oxygen atoms in total. The predicted octanol–water partition coefficient (Wildman–Crippen LogP) is 1.35. The Kier molecular flexibility index (Phi) is 3.56. The molecule has 0 aliphatic carbocycles. The number of rotatable bonds is 0. The predicted molar refractivity (Wildman–Crippen MR) is 55.4 cm³/mol. The molecule has 2 aliphatic rings. The third-order valence-electron chi connectivity index (χ3n) is 2.76. The van der Waals surface area contributed by atoms with E-state index in [1.165, 1.54) is 0 Å². The highest BCUT2D eigenvalue weighted by Gasteiger charge is 2.33. The number of nitrogens with zero attached hydrogens (tertiary/aromatic N) is 1. The van der Waals surface area contributed by atoms with E-state index >= 15 is 0 Å². The molecule has 0 saturated carbocycles. The monoisotopic (exact) mass is 204 g/mol. The van der Waals surface area contributed by atoms with Crippen molar-refractivity contribution in [3.8, 4) is 0 Å². The lowest BCUT2D eigenvalue weighted by molar-refractivity contribution is -0.0315. The van der Waals surface area contributed by atoms with Crippen LogP contribution < -0.4 is 5.73 Å². The van der Waals surface area contributed by atoms with Gasteiger partial charge >= 0.3 is 0 Å². The number of aliphatic imine (C=N–C) groups is 1. The van der Waals surface area contributed by atoms with Gasteiger partial charge in [-0.25, -0.2) is 0 Å². The minimum Gasteiger partial charge on any atom is -0.387 e. The van der Waals surface area contributed by atoms with Gasteiger partial charge in [-0.3, -0.25) is 4.99 Å². The molecule has 0 aromatic heterocycles. The van der Waals surface area contributed by atoms with Gasteiger partial charge in [-0.2, -0.15) is 0 Å². The molecular weight excluding hydrogens is 188 g/mol. The van der Waals surface area contributed by atoms with Crippen LogP contribution in [0.1, 0.15) is 26.2 Å². The lowest BCUT2D eigenvalue weighted by atomic mass is 9.88. The smallest absolute Gasteiger partial charge is 0.0945 e. The van der Waals surface area contributed by atoms with Crippen LogP contribution >= 0.6 is 12.4 Å². The highest BCUT2D eigenvalue weighted by molar-refractivity contribution is 5.85. The Morgan fingerprint density at radius 3 is 3.08 bits per heavy atom. The van der Waals surface area contributed by atoms with Crippen LogP contribution in [-0.2, 0) is 4.74 Å². The molecule has 13 heavy (non-hydrogen) atoms. The van der Waals surface area contributed by atoms with Gasteiger partial charge in [-0.15, -0.1) is 12.4 Å².